The molecule has 0 saturated heterocycles. The van der Waals surface area contributed by atoms with Crippen LogP contribution in [0.4, 0.5) is 0 Å². The summed E-state index contributed by atoms with van der Waals surface area (Å²) in [6.45, 7) is 3.87. The van der Waals surface area contributed by atoms with Crippen LogP contribution in [0.2, 0.25) is 0 Å². The van der Waals surface area contributed by atoms with Gasteiger partial charge in [-0.15, -0.1) is 0 Å². The first-order valence-corrected chi connectivity index (χ1v) is 10.5. The fourth-order valence-electron chi connectivity index (χ4n) is 2.45. The van der Waals surface area contributed by atoms with E-state index >= 15 is 0 Å². The zero-order valence-corrected chi connectivity index (χ0v) is 16.9. The largest absolute Gasteiger partial charge is 0.467 e. The molecule has 0 aliphatic heterocycles. The van der Waals surface area contributed by atoms with Crippen molar-refractivity contribution >= 4 is 13.6 Å². The summed E-state index contributed by atoms with van der Waals surface area (Å²) in [5.41, 5.74) is -1.14. The number of hydrogen-bond acceptors (Lipinski definition) is 6. The normalized spacial score (nSPS) is 14.4. The smallest absolute Gasteiger partial charge is 0.355 e. The summed E-state index contributed by atoms with van der Waals surface area (Å²) in [7, 11) is 0.592. The van der Waals surface area contributed by atoms with Crippen LogP contribution in [0.1, 0.15) is 71.6 Å². The van der Waals surface area contributed by atoms with Gasteiger partial charge >= 0.3 is 13.6 Å². The number of methoxy groups -OCH3 is 1. The second-order valence-corrected chi connectivity index (χ2v) is 8.41. The number of hydrogen-bond donors (Lipinski definition) is 0. The predicted molar refractivity (Wildman–Crippen MR) is 95.2 cm³/mol. The van der Waals surface area contributed by atoms with Gasteiger partial charge in [-0.3, -0.25) is 4.57 Å². The highest BCUT2D eigenvalue weighted by Crippen LogP contribution is 2.47. The number of carbonyl (C=O) groups excluding carboxylic acids is 1. The molecule has 0 spiro atoms. The van der Waals surface area contributed by atoms with Gasteiger partial charge in [-0.1, -0.05) is 51.9 Å². The molecule has 7 heteroatoms. The molecule has 0 amide bonds. The van der Waals surface area contributed by atoms with E-state index in [4.69, 9.17) is 18.5 Å². The third-order valence-electron chi connectivity index (χ3n) is 4.22. The van der Waals surface area contributed by atoms with Gasteiger partial charge in [0.15, 0.2) is 5.60 Å². The van der Waals surface area contributed by atoms with Gasteiger partial charge in [0.1, 0.15) is 6.35 Å². The van der Waals surface area contributed by atoms with E-state index < -0.39 is 19.2 Å². The Labute approximate surface area is 147 Å². The summed E-state index contributed by atoms with van der Waals surface area (Å²) in [5.74, 6) is -0.468. The number of carbonyl (C=O) groups is 1. The maximum Gasteiger partial charge on any atom is 0.355 e. The van der Waals surface area contributed by atoms with Gasteiger partial charge < -0.3 is 18.5 Å². The van der Waals surface area contributed by atoms with E-state index in [1.54, 1.807) is 6.92 Å². The average molecular weight is 366 g/mol. The van der Waals surface area contributed by atoms with Gasteiger partial charge in [0.05, 0.1) is 7.11 Å². The van der Waals surface area contributed by atoms with Crippen LogP contribution < -0.4 is 0 Å². The molecule has 0 radical (unpaired) electrons. The lowest BCUT2D eigenvalue weighted by molar-refractivity contribution is -0.166. The molecule has 0 aliphatic rings. The van der Waals surface area contributed by atoms with Gasteiger partial charge in [-0.05, 0) is 19.8 Å². The predicted octanol–water partition coefficient (Wildman–Crippen LogP) is 4.91. The molecule has 0 fully saturated rings. The summed E-state index contributed by atoms with van der Waals surface area (Å²) in [5, 5.41) is 0. The number of esters is 1. The maximum atomic E-state index is 12.1. The molecule has 0 heterocycles. The molecule has 0 bridgehead atoms. The molecule has 1 unspecified atom stereocenters. The standard InChI is InChI=1S/C17H35O6P/c1-6-7-8-9-10-11-12-13-14-17(2,16(18)20-3)23-15-24(19,21-4)22-5/h6-15H2,1-5H3. The van der Waals surface area contributed by atoms with Crippen LogP contribution in [0.5, 0.6) is 0 Å². The van der Waals surface area contributed by atoms with Crippen LogP contribution in [-0.2, 0) is 27.9 Å². The Kier molecular flexibility index (Phi) is 12.6. The van der Waals surface area contributed by atoms with Gasteiger partial charge in [0.25, 0.3) is 0 Å². The van der Waals surface area contributed by atoms with Crippen molar-refractivity contribution < 1.29 is 27.9 Å². The first-order chi connectivity index (χ1) is 11.4. The molecule has 6 nitrogen and oxygen atoms in total. The van der Waals surface area contributed by atoms with Gasteiger partial charge in [0.2, 0.25) is 0 Å². The first-order valence-electron chi connectivity index (χ1n) is 8.80. The van der Waals surface area contributed by atoms with Crippen molar-refractivity contribution in [3.8, 4) is 0 Å². The third-order valence-corrected chi connectivity index (χ3v) is 5.78. The van der Waals surface area contributed by atoms with Crippen molar-refractivity contribution in [2.45, 2.75) is 77.2 Å². The van der Waals surface area contributed by atoms with E-state index in [1.165, 1.54) is 53.4 Å². The monoisotopic (exact) mass is 366 g/mol. The summed E-state index contributed by atoms with van der Waals surface area (Å²) in [4.78, 5) is 12.0. The molecule has 24 heavy (non-hydrogen) atoms. The van der Waals surface area contributed by atoms with Crippen LogP contribution in [0.15, 0.2) is 0 Å². The zero-order valence-electron chi connectivity index (χ0n) is 16.0. The third kappa shape index (κ3) is 9.16. The van der Waals surface area contributed by atoms with E-state index in [0.717, 1.165) is 19.3 Å². The van der Waals surface area contributed by atoms with E-state index in [1.807, 2.05) is 0 Å². The van der Waals surface area contributed by atoms with Crippen molar-refractivity contribution in [1.82, 2.24) is 0 Å². The summed E-state index contributed by atoms with van der Waals surface area (Å²) >= 11 is 0. The Morgan fingerprint density at radius 2 is 1.42 bits per heavy atom. The molecule has 0 rings (SSSR count). The van der Waals surface area contributed by atoms with Crippen LogP contribution in [0, 0.1) is 0 Å². The lowest BCUT2D eigenvalue weighted by Crippen LogP contribution is -2.40. The summed E-state index contributed by atoms with van der Waals surface area (Å²) in [6, 6.07) is 0. The minimum atomic E-state index is -3.32. The molecule has 1 atom stereocenters. The van der Waals surface area contributed by atoms with Gasteiger partial charge in [0, 0.05) is 14.2 Å². The van der Waals surface area contributed by atoms with E-state index in [-0.39, 0.29) is 6.35 Å². The molecule has 0 aromatic rings. The Balaban J connectivity index is 4.30. The van der Waals surface area contributed by atoms with E-state index in [2.05, 4.69) is 6.92 Å². The van der Waals surface area contributed by atoms with Crippen molar-refractivity contribution in [2.75, 3.05) is 27.7 Å². The van der Waals surface area contributed by atoms with Gasteiger partial charge in [-0.2, -0.15) is 0 Å². The van der Waals surface area contributed by atoms with Crippen LogP contribution in [0.3, 0.4) is 0 Å². The second-order valence-electron chi connectivity index (χ2n) is 6.20. The van der Waals surface area contributed by atoms with E-state index in [9.17, 15) is 9.36 Å². The molecular weight excluding hydrogens is 331 g/mol. The van der Waals surface area contributed by atoms with Gasteiger partial charge in [-0.25, -0.2) is 4.79 Å². The Morgan fingerprint density at radius 3 is 1.88 bits per heavy atom. The molecule has 0 N–H and O–H groups in total. The highest BCUT2D eigenvalue weighted by Gasteiger charge is 2.38. The SMILES string of the molecule is CCCCCCCCCCC(C)(OCP(=O)(OC)OC)C(=O)OC. The minimum Gasteiger partial charge on any atom is -0.467 e. The minimum absolute atomic E-state index is 0.275. The molecule has 0 aromatic carbocycles. The number of unbranched alkanes of at least 4 members (excludes halogenated alkanes) is 7. The highest BCUT2D eigenvalue weighted by molar-refractivity contribution is 7.53. The van der Waals surface area contributed by atoms with Crippen molar-refractivity contribution in [3.63, 3.8) is 0 Å². The Hall–Kier alpha value is -0.420. The molecule has 0 saturated carbocycles. The molecule has 0 aromatic heterocycles. The Morgan fingerprint density at radius 1 is 0.917 bits per heavy atom. The van der Waals surface area contributed by atoms with Crippen molar-refractivity contribution in [2.24, 2.45) is 0 Å². The van der Waals surface area contributed by atoms with Crippen molar-refractivity contribution in [1.29, 1.82) is 0 Å². The van der Waals surface area contributed by atoms with Crippen molar-refractivity contribution in [3.05, 3.63) is 0 Å². The quantitative estimate of drug-likeness (QED) is 0.233. The summed E-state index contributed by atoms with van der Waals surface area (Å²) < 4.78 is 32.2. The molecule has 144 valence electrons. The number of ether oxygens (including phenoxy) is 2. The summed E-state index contributed by atoms with van der Waals surface area (Å²) in [6.07, 6.45) is 9.61. The average Bonchev–Trinajstić information content (AvgIpc) is 2.61. The fourth-order valence-corrected chi connectivity index (χ4v) is 3.25. The first kappa shape index (κ1) is 23.6. The zero-order chi connectivity index (χ0) is 18.5. The lowest BCUT2D eigenvalue weighted by atomic mass is 9.97. The fraction of sp³-hybridized carbons (Fsp3) is 0.941. The van der Waals surface area contributed by atoms with E-state index in [0.29, 0.717) is 6.42 Å². The van der Waals surface area contributed by atoms with Crippen LogP contribution in [0.25, 0.3) is 0 Å². The highest BCUT2D eigenvalue weighted by atomic mass is 31.2. The molecular formula is C17H35O6P. The maximum absolute atomic E-state index is 12.1. The Bertz CT molecular complexity index is 379. The topological polar surface area (TPSA) is 71.1 Å². The number of rotatable bonds is 15. The molecule has 0 aliphatic carbocycles. The second kappa shape index (κ2) is 12.9. The lowest BCUT2D eigenvalue weighted by Gasteiger charge is -2.28. The van der Waals surface area contributed by atoms with Crippen LogP contribution >= 0.6 is 7.60 Å². The van der Waals surface area contributed by atoms with Crippen LogP contribution in [-0.4, -0.2) is 39.2 Å².